The van der Waals surface area contributed by atoms with Crippen LogP contribution in [0, 0.1) is 0 Å². The van der Waals surface area contributed by atoms with Gasteiger partial charge in [-0.1, -0.05) is 0 Å². The molecule has 0 saturated heterocycles. The van der Waals surface area contributed by atoms with Crippen molar-refractivity contribution in [2.75, 3.05) is 0 Å². The van der Waals surface area contributed by atoms with Gasteiger partial charge in [0.05, 0.1) is 0 Å². The van der Waals surface area contributed by atoms with Crippen LogP contribution in [0.4, 0.5) is 0 Å². The zero-order valence-electron chi connectivity index (χ0n) is 30.4. The standard InChI is InChI=1S/2C24H22N.Zr/c2*1-24(2,3)18-12-10-17(11-13-18)19-7-6-8-20-21(19)14-15-22(20)23-9-4-5-16-25-23;/h2*4-14,16,22H,1-3H3;. The third kappa shape index (κ3) is 6.47. The topological polar surface area (TPSA) is 25.8 Å². The molecule has 51 heavy (non-hydrogen) atoms. The molecule has 2 aromatic heterocycles. The summed E-state index contributed by atoms with van der Waals surface area (Å²) in [4.78, 5) is 9.95. The van der Waals surface area contributed by atoms with Gasteiger partial charge in [-0.25, -0.2) is 0 Å². The fourth-order valence-corrected chi connectivity index (χ4v) is 11.8. The molecule has 250 valence electrons. The summed E-state index contributed by atoms with van der Waals surface area (Å²) in [7, 11) is 0. The Hall–Kier alpha value is -4.46. The summed E-state index contributed by atoms with van der Waals surface area (Å²) in [6.07, 6.45) is 8.98. The molecule has 0 N–H and O–H groups in total. The Kier molecular flexibility index (Phi) is 8.76. The van der Waals surface area contributed by atoms with Gasteiger partial charge in [0.25, 0.3) is 0 Å². The van der Waals surface area contributed by atoms with E-state index in [1.165, 1.54) is 55.6 Å². The van der Waals surface area contributed by atoms with Gasteiger partial charge in [-0.05, 0) is 0 Å². The van der Waals surface area contributed by atoms with Crippen LogP contribution in [0.1, 0.15) is 98.1 Å². The molecule has 0 spiro atoms. The van der Waals surface area contributed by atoms with Gasteiger partial charge in [0, 0.05) is 0 Å². The van der Waals surface area contributed by atoms with Crippen molar-refractivity contribution in [3.05, 3.63) is 185 Å². The molecule has 0 bridgehead atoms. The van der Waals surface area contributed by atoms with Crippen molar-refractivity contribution in [2.45, 2.75) is 64.2 Å². The minimum absolute atomic E-state index is 0.119. The first-order valence-electron chi connectivity index (χ1n) is 18.1. The van der Waals surface area contributed by atoms with E-state index < -0.39 is 23.2 Å². The second kappa shape index (κ2) is 13.3. The van der Waals surface area contributed by atoms with E-state index in [-0.39, 0.29) is 22.7 Å². The number of rotatable bonds is 6. The molecule has 2 nitrogen and oxygen atoms in total. The molecule has 2 aliphatic carbocycles. The van der Waals surface area contributed by atoms with E-state index in [0.717, 1.165) is 11.4 Å². The third-order valence-electron chi connectivity index (χ3n) is 10.5. The maximum absolute atomic E-state index is 4.97. The van der Waals surface area contributed by atoms with Crippen LogP contribution in [0.5, 0.6) is 0 Å². The van der Waals surface area contributed by atoms with Gasteiger partial charge in [0.1, 0.15) is 0 Å². The Morgan fingerprint density at radius 3 is 1.22 bits per heavy atom. The number of nitrogens with zero attached hydrogens (tertiary/aromatic N) is 2. The van der Waals surface area contributed by atoms with Crippen molar-refractivity contribution >= 4 is 12.2 Å². The van der Waals surface area contributed by atoms with Crippen LogP contribution >= 0.6 is 0 Å². The van der Waals surface area contributed by atoms with Crippen LogP contribution in [0.15, 0.2) is 140 Å². The number of fused-ring (bicyclic) bond motifs is 2. The Balaban J connectivity index is 1.24. The predicted octanol–water partition coefficient (Wildman–Crippen LogP) is 12.2. The molecule has 2 aliphatic rings. The quantitative estimate of drug-likeness (QED) is 0.170. The summed E-state index contributed by atoms with van der Waals surface area (Å²) in [6.45, 7) is 13.7. The van der Waals surface area contributed by atoms with Crippen LogP contribution in [0.3, 0.4) is 0 Å². The van der Waals surface area contributed by atoms with Gasteiger partial charge in [-0.3, -0.25) is 0 Å². The summed E-state index contributed by atoms with van der Waals surface area (Å²) >= 11 is -1.34. The van der Waals surface area contributed by atoms with Crippen LogP contribution < -0.4 is 0 Å². The molecule has 4 aromatic carbocycles. The molecule has 0 aliphatic heterocycles. The molecule has 2 unspecified atom stereocenters. The van der Waals surface area contributed by atoms with Crippen LogP contribution in [-0.2, 0) is 34.1 Å². The molecule has 3 heteroatoms. The molecule has 0 fully saturated rings. The molecule has 8 rings (SSSR count). The number of hydrogen-bond acceptors (Lipinski definition) is 2. The predicted molar refractivity (Wildman–Crippen MR) is 209 cm³/mol. The van der Waals surface area contributed by atoms with Crippen molar-refractivity contribution in [3.63, 3.8) is 0 Å². The second-order valence-electron chi connectivity index (χ2n) is 16.0. The second-order valence-corrected chi connectivity index (χ2v) is 19.4. The Labute approximate surface area is 315 Å². The van der Waals surface area contributed by atoms with Crippen molar-refractivity contribution in [1.29, 1.82) is 0 Å². The van der Waals surface area contributed by atoms with Crippen LogP contribution in [-0.4, -0.2) is 9.97 Å². The van der Waals surface area contributed by atoms with Gasteiger partial charge in [-0.15, -0.1) is 0 Å². The monoisotopic (exact) mass is 738 g/mol. The van der Waals surface area contributed by atoms with Gasteiger partial charge in [-0.2, -0.15) is 0 Å². The molecule has 2 atom stereocenters. The fourth-order valence-electron chi connectivity index (χ4n) is 7.72. The van der Waals surface area contributed by atoms with Gasteiger partial charge in [0.2, 0.25) is 0 Å². The van der Waals surface area contributed by atoms with Gasteiger partial charge in [0.15, 0.2) is 0 Å². The number of pyridine rings is 2. The van der Waals surface area contributed by atoms with E-state index >= 15 is 0 Å². The maximum atomic E-state index is 4.97. The van der Waals surface area contributed by atoms with E-state index in [1.807, 2.05) is 24.5 Å². The number of hydrogen-bond donors (Lipinski definition) is 0. The summed E-state index contributed by atoms with van der Waals surface area (Å²) in [5, 5.41) is 0. The molecule has 0 amide bonds. The Morgan fingerprint density at radius 1 is 0.451 bits per heavy atom. The zero-order valence-corrected chi connectivity index (χ0v) is 32.9. The van der Waals surface area contributed by atoms with Crippen LogP contribution in [0.25, 0.3) is 34.4 Å². The molecule has 6 aromatic rings. The van der Waals surface area contributed by atoms with Gasteiger partial charge >= 0.3 is 317 Å². The first kappa shape index (κ1) is 33.7. The van der Waals surface area contributed by atoms with E-state index in [9.17, 15) is 0 Å². The van der Waals surface area contributed by atoms with E-state index in [4.69, 9.17) is 9.97 Å². The number of aromatic nitrogens is 2. The number of allylic oxidation sites excluding steroid dienone is 2. The summed E-state index contributed by atoms with van der Waals surface area (Å²) in [5.74, 6) is 0.306. The Morgan fingerprint density at radius 2 is 0.863 bits per heavy atom. The van der Waals surface area contributed by atoms with Crippen LogP contribution in [0.2, 0.25) is 0 Å². The summed E-state index contributed by atoms with van der Waals surface area (Å²) in [6, 6.07) is 44.9. The molecular weight excluding hydrogens is 696 g/mol. The van der Waals surface area contributed by atoms with E-state index in [0.29, 0.717) is 0 Å². The van der Waals surface area contributed by atoms with Crippen molar-refractivity contribution in [1.82, 2.24) is 9.97 Å². The normalized spacial score (nSPS) is 16.7. The van der Waals surface area contributed by atoms with Crippen molar-refractivity contribution in [3.8, 4) is 22.3 Å². The first-order valence-corrected chi connectivity index (χ1v) is 20.5. The number of benzene rings is 4. The van der Waals surface area contributed by atoms with E-state index in [2.05, 4.69) is 163 Å². The average molecular weight is 740 g/mol. The molecular formula is C48H44N2Zr. The van der Waals surface area contributed by atoms with E-state index in [1.54, 1.807) is 6.56 Å². The van der Waals surface area contributed by atoms with Crippen molar-refractivity contribution in [2.24, 2.45) is 0 Å². The minimum atomic E-state index is -1.34. The Bertz CT molecular complexity index is 2100. The average Bonchev–Trinajstić information content (AvgIpc) is 3.69. The summed E-state index contributed by atoms with van der Waals surface area (Å²) in [5.41, 5.74) is 15.8. The zero-order chi connectivity index (χ0) is 35.3. The van der Waals surface area contributed by atoms with Gasteiger partial charge < -0.3 is 0 Å². The third-order valence-corrected chi connectivity index (χ3v) is 14.1. The SMILES string of the molecule is CC(C)(C)c1ccc(-c2cccc3c2C=[C]([Zr][C]2=Cc4c(-c5ccc(C(C)(C)C)cc5)cccc4C2c2ccccn2)C3c2ccccn2)cc1. The summed E-state index contributed by atoms with van der Waals surface area (Å²) < 4.78 is 3.09. The molecule has 0 saturated carbocycles. The molecule has 2 heterocycles. The first-order chi connectivity index (χ1) is 24.6. The fraction of sp³-hybridized carbons (Fsp3) is 0.208. The molecule has 0 radical (unpaired) electrons. The van der Waals surface area contributed by atoms with Crippen molar-refractivity contribution < 1.29 is 23.2 Å².